The summed E-state index contributed by atoms with van der Waals surface area (Å²) in [5.74, 6) is 0.576. The van der Waals surface area contributed by atoms with Crippen molar-refractivity contribution in [1.82, 2.24) is 9.88 Å². The van der Waals surface area contributed by atoms with Crippen molar-refractivity contribution >= 4 is 27.3 Å². The molecule has 1 fully saturated rings. The van der Waals surface area contributed by atoms with Gasteiger partial charge >= 0.3 is 0 Å². The molecule has 2 heterocycles. The Morgan fingerprint density at radius 3 is 3.12 bits per heavy atom. The number of hydrogen-bond donors (Lipinski definition) is 1. The molecule has 0 amide bonds. The number of rotatable bonds is 3. The molecule has 5 heteroatoms. The van der Waals surface area contributed by atoms with Gasteiger partial charge < -0.3 is 10.0 Å². The third-order valence-corrected chi connectivity index (χ3v) is 5.17. The maximum absolute atomic E-state index is 8.96. The lowest BCUT2D eigenvalue weighted by Gasteiger charge is -2.28. The van der Waals surface area contributed by atoms with E-state index >= 15 is 0 Å². The zero-order chi connectivity index (χ0) is 11.5. The van der Waals surface area contributed by atoms with Crippen LogP contribution >= 0.6 is 27.3 Å². The molecular weight excluding hydrogens is 288 g/mol. The fourth-order valence-corrected chi connectivity index (χ4v) is 3.97. The van der Waals surface area contributed by atoms with Crippen molar-refractivity contribution in [3.63, 3.8) is 0 Å². The Balaban J connectivity index is 2.10. The van der Waals surface area contributed by atoms with E-state index in [0.29, 0.717) is 12.3 Å². The zero-order valence-corrected chi connectivity index (χ0v) is 11.9. The third kappa shape index (κ3) is 2.83. The molecule has 2 rings (SSSR count). The minimum Gasteiger partial charge on any atom is -0.396 e. The summed E-state index contributed by atoms with van der Waals surface area (Å²) in [4.78, 5) is 8.13. The van der Waals surface area contributed by atoms with Crippen LogP contribution in [0.2, 0.25) is 0 Å². The largest absolute Gasteiger partial charge is 0.396 e. The highest BCUT2D eigenvalue weighted by Crippen LogP contribution is 2.33. The fraction of sp³-hybridized carbons (Fsp3) is 0.727. The lowest BCUT2D eigenvalue weighted by atomic mass is 9.99. The van der Waals surface area contributed by atoms with Crippen molar-refractivity contribution in [3.8, 4) is 0 Å². The Labute approximate surface area is 109 Å². The van der Waals surface area contributed by atoms with Crippen LogP contribution < -0.4 is 0 Å². The molecule has 0 radical (unpaired) electrons. The Hall–Kier alpha value is 0.0300. The highest BCUT2D eigenvalue weighted by molar-refractivity contribution is 9.10. The van der Waals surface area contributed by atoms with E-state index in [1.807, 2.05) is 0 Å². The summed E-state index contributed by atoms with van der Waals surface area (Å²) in [7, 11) is 2.17. The van der Waals surface area contributed by atoms with Crippen LogP contribution in [-0.2, 0) is 6.42 Å². The number of halogens is 1. The first-order chi connectivity index (χ1) is 7.70. The summed E-state index contributed by atoms with van der Waals surface area (Å²) in [6, 6.07) is 0. The number of likely N-dealkylation sites (tertiary alicyclic amines) is 1. The number of aliphatic hydroxyl groups excluding tert-OH is 1. The van der Waals surface area contributed by atoms with Gasteiger partial charge in [-0.3, -0.25) is 0 Å². The highest BCUT2D eigenvalue weighted by atomic mass is 79.9. The minimum absolute atomic E-state index is 0.199. The number of piperidine rings is 1. The SMILES string of the molecule is CN1CCCC(c2nc(Br)c(CCO)s2)C1. The van der Waals surface area contributed by atoms with Crippen molar-refractivity contribution in [2.24, 2.45) is 0 Å². The first-order valence-electron chi connectivity index (χ1n) is 5.65. The molecule has 0 bridgehead atoms. The van der Waals surface area contributed by atoms with Gasteiger partial charge in [0.05, 0.1) is 5.01 Å². The maximum Gasteiger partial charge on any atom is 0.120 e. The van der Waals surface area contributed by atoms with E-state index in [2.05, 4.69) is 32.9 Å². The van der Waals surface area contributed by atoms with Gasteiger partial charge in [0.25, 0.3) is 0 Å². The Morgan fingerprint density at radius 2 is 2.44 bits per heavy atom. The second-order valence-electron chi connectivity index (χ2n) is 4.34. The summed E-state index contributed by atoms with van der Waals surface area (Å²) in [5, 5.41) is 10.2. The number of thiazole rings is 1. The number of aromatic nitrogens is 1. The van der Waals surface area contributed by atoms with Crippen molar-refractivity contribution < 1.29 is 5.11 Å². The molecule has 0 spiro atoms. The number of hydrogen-bond acceptors (Lipinski definition) is 4. The molecule has 1 saturated heterocycles. The van der Waals surface area contributed by atoms with Gasteiger partial charge in [-0.1, -0.05) is 0 Å². The first kappa shape index (κ1) is 12.5. The average Bonchev–Trinajstić information content (AvgIpc) is 2.61. The molecule has 1 aliphatic heterocycles. The van der Waals surface area contributed by atoms with E-state index in [1.54, 1.807) is 11.3 Å². The monoisotopic (exact) mass is 304 g/mol. The molecule has 1 atom stereocenters. The van der Waals surface area contributed by atoms with Crippen molar-refractivity contribution in [3.05, 3.63) is 14.5 Å². The quantitative estimate of drug-likeness (QED) is 0.930. The first-order valence-corrected chi connectivity index (χ1v) is 7.26. The molecule has 0 aliphatic carbocycles. The average molecular weight is 305 g/mol. The van der Waals surface area contributed by atoms with Crippen LogP contribution in [0.3, 0.4) is 0 Å². The van der Waals surface area contributed by atoms with Gasteiger partial charge in [0.15, 0.2) is 0 Å². The summed E-state index contributed by atoms with van der Waals surface area (Å²) in [6.45, 7) is 2.51. The minimum atomic E-state index is 0.199. The topological polar surface area (TPSA) is 36.4 Å². The van der Waals surface area contributed by atoms with Gasteiger partial charge in [-0.05, 0) is 42.4 Å². The van der Waals surface area contributed by atoms with Crippen LogP contribution in [0, 0.1) is 0 Å². The van der Waals surface area contributed by atoms with Crippen LogP contribution in [0.4, 0.5) is 0 Å². The Morgan fingerprint density at radius 1 is 1.62 bits per heavy atom. The highest BCUT2D eigenvalue weighted by Gasteiger charge is 2.22. The molecule has 1 aromatic rings. The second kappa shape index (κ2) is 5.58. The van der Waals surface area contributed by atoms with Crippen LogP contribution in [0.25, 0.3) is 0 Å². The van der Waals surface area contributed by atoms with E-state index in [1.165, 1.54) is 29.3 Å². The lowest BCUT2D eigenvalue weighted by Crippen LogP contribution is -2.30. The standard InChI is InChI=1S/C11H17BrN2OS/c1-14-5-2-3-8(7-14)11-13-10(12)9(16-11)4-6-15/h8,15H,2-7H2,1H3. The molecule has 1 N–H and O–H groups in total. The predicted molar refractivity (Wildman–Crippen MR) is 70.1 cm³/mol. The van der Waals surface area contributed by atoms with E-state index in [0.717, 1.165) is 11.1 Å². The summed E-state index contributed by atoms with van der Waals surface area (Å²) < 4.78 is 0.926. The van der Waals surface area contributed by atoms with Crippen LogP contribution in [0.5, 0.6) is 0 Å². The van der Waals surface area contributed by atoms with Crippen molar-refractivity contribution in [1.29, 1.82) is 0 Å². The number of likely N-dealkylation sites (N-methyl/N-ethyl adjacent to an activating group) is 1. The molecule has 1 aliphatic rings. The van der Waals surface area contributed by atoms with Gasteiger partial charge in [-0.25, -0.2) is 4.98 Å². The third-order valence-electron chi connectivity index (χ3n) is 2.98. The second-order valence-corrected chi connectivity index (χ2v) is 6.21. The summed E-state index contributed by atoms with van der Waals surface area (Å²) >= 11 is 5.22. The van der Waals surface area contributed by atoms with Gasteiger partial charge in [-0.15, -0.1) is 11.3 Å². The zero-order valence-electron chi connectivity index (χ0n) is 9.45. The summed E-state index contributed by atoms with van der Waals surface area (Å²) in [6.07, 6.45) is 3.21. The van der Waals surface area contributed by atoms with Gasteiger partial charge in [0, 0.05) is 30.4 Å². The van der Waals surface area contributed by atoms with E-state index in [9.17, 15) is 0 Å². The normalized spacial score (nSPS) is 22.6. The maximum atomic E-state index is 8.96. The van der Waals surface area contributed by atoms with E-state index in [-0.39, 0.29) is 6.61 Å². The molecule has 90 valence electrons. The molecule has 0 saturated carbocycles. The fourth-order valence-electron chi connectivity index (χ4n) is 2.15. The van der Waals surface area contributed by atoms with E-state index < -0.39 is 0 Å². The molecule has 3 nitrogen and oxygen atoms in total. The molecule has 1 unspecified atom stereocenters. The van der Waals surface area contributed by atoms with Crippen molar-refractivity contribution in [2.45, 2.75) is 25.2 Å². The van der Waals surface area contributed by atoms with Gasteiger partial charge in [0.2, 0.25) is 0 Å². The Bertz CT molecular complexity index is 356. The van der Waals surface area contributed by atoms with Crippen LogP contribution in [0.15, 0.2) is 4.60 Å². The van der Waals surface area contributed by atoms with Crippen molar-refractivity contribution in [2.75, 3.05) is 26.7 Å². The molecule has 0 aromatic carbocycles. The molecule has 1 aromatic heterocycles. The van der Waals surface area contributed by atoms with Gasteiger partial charge in [0.1, 0.15) is 4.60 Å². The van der Waals surface area contributed by atoms with Crippen LogP contribution in [-0.4, -0.2) is 41.7 Å². The molecule has 16 heavy (non-hydrogen) atoms. The van der Waals surface area contributed by atoms with E-state index in [4.69, 9.17) is 5.11 Å². The smallest absolute Gasteiger partial charge is 0.120 e. The lowest BCUT2D eigenvalue weighted by molar-refractivity contribution is 0.250. The Kier molecular flexibility index (Phi) is 4.35. The molecular formula is C11H17BrN2OS. The van der Waals surface area contributed by atoms with Crippen LogP contribution in [0.1, 0.15) is 28.6 Å². The van der Waals surface area contributed by atoms with Gasteiger partial charge in [-0.2, -0.15) is 0 Å². The number of aliphatic hydroxyl groups is 1. The summed E-state index contributed by atoms with van der Waals surface area (Å²) in [5.41, 5.74) is 0. The predicted octanol–water partition coefficient (Wildman–Crippen LogP) is 2.25. The number of nitrogens with zero attached hydrogens (tertiary/aromatic N) is 2.